The number of amides is 1. The molecule has 0 N–H and O–H groups in total. The van der Waals surface area contributed by atoms with Gasteiger partial charge in [-0.15, -0.1) is 11.3 Å². The van der Waals surface area contributed by atoms with Gasteiger partial charge in [-0.25, -0.2) is 4.98 Å². The van der Waals surface area contributed by atoms with Crippen molar-refractivity contribution in [3.05, 3.63) is 32.7 Å². The summed E-state index contributed by atoms with van der Waals surface area (Å²) in [6.45, 7) is 6.80. The molecule has 3 heterocycles. The number of likely N-dealkylation sites (N-methyl/N-ethyl adjacent to an activating group) is 1. The van der Waals surface area contributed by atoms with Crippen LogP contribution in [0.25, 0.3) is 4.96 Å². The molecule has 1 saturated heterocycles. The Morgan fingerprint density at radius 1 is 1.24 bits per heavy atom. The minimum Gasteiger partial charge on any atom is -0.336 e. The second kappa shape index (κ2) is 5.23. The van der Waals surface area contributed by atoms with E-state index in [0.717, 1.165) is 23.7 Å². The molecule has 1 aliphatic heterocycles. The van der Waals surface area contributed by atoms with Crippen molar-refractivity contribution < 1.29 is 4.79 Å². The predicted molar refractivity (Wildman–Crippen MR) is 82.2 cm³/mol. The molecular weight excluding hydrogens is 288 g/mol. The number of aryl methyl sites for hydroxylation is 2. The largest absolute Gasteiger partial charge is 0.336 e. The standard InChI is InChI=1S/C14H18N4O2S/c1-9-10(2)21-14-15-8-11(13(20)18(9)14)12(19)17-6-4-16(3)5-7-17/h8H,4-7H2,1-3H3. The Kier molecular flexibility index (Phi) is 3.54. The van der Waals surface area contributed by atoms with Crippen LogP contribution in [0.1, 0.15) is 20.9 Å². The lowest BCUT2D eigenvalue weighted by atomic mass is 10.2. The number of piperazine rings is 1. The summed E-state index contributed by atoms with van der Waals surface area (Å²) in [6, 6.07) is 0. The van der Waals surface area contributed by atoms with Gasteiger partial charge in [-0.2, -0.15) is 0 Å². The van der Waals surface area contributed by atoms with E-state index in [0.29, 0.717) is 18.1 Å². The van der Waals surface area contributed by atoms with E-state index in [1.54, 1.807) is 9.30 Å². The third-order valence-electron chi connectivity index (χ3n) is 4.04. The van der Waals surface area contributed by atoms with Crippen molar-refractivity contribution in [2.75, 3.05) is 33.2 Å². The molecule has 2 aromatic rings. The van der Waals surface area contributed by atoms with E-state index < -0.39 is 0 Å². The first-order valence-electron chi connectivity index (χ1n) is 6.94. The van der Waals surface area contributed by atoms with Crippen LogP contribution in [-0.2, 0) is 0 Å². The quantitative estimate of drug-likeness (QED) is 0.780. The maximum atomic E-state index is 12.6. The average molecular weight is 306 g/mol. The summed E-state index contributed by atoms with van der Waals surface area (Å²) in [4.78, 5) is 35.0. The molecule has 0 bridgehead atoms. The zero-order valence-corrected chi connectivity index (χ0v) is 13.2. The zero-order chi connectivity index (χ0) is 15.1. The maximum absolute atomic E-state index is 12.6. The molecule has 112 valence electrons. The lowest BCUT2D eigenvalue weighted by Gasteiger charge is -2.32. The summed E-state index contributed by atoms with van der Waals surface area (Å²) in [5.74, 6) is -0.210. The van der Waals surface area contributed by atoms with Gasteiger partial charge in [0, 0.05) is 42.9 Å². The highest BCUT2D eigenvalue weighted by Crippen LogP contribution is 2.18. The van der Waals surface area contributed by atoms with Crippen molar-refractivity contribution in [2.24, 2.45) is 0 Å². The molecule has 2 aromatic heterocycles. The lowest BCUT2D eigenvalue weighted by molar-refractivity contribution is 0.0661. The summed E-state index contributed by atoms with van der Waals surface area (Å²) in [5, 5.41) is 0. The molecule has 7 heteroatoms. The molecular formula is C14H18N4O2S. The zero-order valence-electron chi connectivity index (χ0n) is 12.4. The first-order valence-corrected chi connectivity index (χ1v) is 7.76. The number of carbonyl (C=O) groups is 1. The van der Waals surface area contributed by atoms with Crippen molar-refractivity contribution in [3.8, 4) is 0 Å². The second-order valence-corrected chi connectivity index (χ2v) is 6.62. The van der Waals surface area contributed by atoms with Gasteiger partial charge in [0.1, 0.15) is 5.56 Å². The van der Waals surface area contributed by atoms with E-state index in [4.69, 9.17) is 0 Å². The van der Waals surface area contributed by atoms with E-state index in [2.05, 4.69) is 9.88 Å². The van der Waals surface area contributed by atoms with E-state index >= 15 is 0 Å². The molecule has 0 radical (unpaired) electrons. The smallest absolute Gasteiger partial charge is 0.271 e. The van der Waals surface area contributed by atoms with Crippen molar-refractivity contribution in [1.82, 2.24) is 19.2 Å². The molecule has 0 unspecified atom stereocenters. The number of thiazole rings is 1. The number of fused-ring (bicyclic) bond motifs is 1. The van der Waals surface area contributed by atoms with E-state index in [-0.39, 0.29) is 17.0 Å². The molecule has 6 nitrogen and oxygen atoms in total. The van der Waals surface area contributed by atoms with Gasteiger partial charge in [0.05, 0.1) is 0 Å². The summed E-state index contributed by atoms with van der Waals surface area (Å²) < 4.78 is 1.54. The minimum atomic E-state index is -0.259. The molecule has 1 amide bonds. The van der Waals surface area contributed by atoms with Crippen LogP contribution < -0.4 is 5.56 Å². The van der Waals surface area contributed by atoms with Gasteiger partial charge in [-0.3, -0.25) is 14.0 Å². The highest BCUT2D eigenvalue weighted by atomic mass is 32.1. The number of hydrogen-bond donors (Lipinski definition) is 0. The van der Waals surface area contributed by atoms with Gasteiger partial charge in [0.25, 0.3) is 11.5 Å². The Morgan fingerprint density at radius 3 is 2.57 bits per heavy atom. The van der Waals surface area contributed by atoms with Crippen LogP contribution in [0, 0.1) is 13.8 Å². The van der Waals surface area contributed by atoms with Crippen molar-refractivity contribution in [2.45, 2.75) is 13.8 Å². The maximum Gasteiger partial charge on any atom is 0.271 e. The summed E-state index contributed by atoms with van der Waals surface area (Å²) in [7, 11) is 2.03. The lowest BCUT2D eigenvalue weighted by Crippen LogP contribution is -2.48. The van der Waals surface area contributed by atoms with Gasteiger partial charge < -0.3 is 9.80 Å². The highest BCUT2D eigenvalue weighted by Gasteiger charge is 2.24. The van der Waals surface area contributed by atoms with Crippen LogP contribution >= 0.6 is 11.3 Å². The molecule has 1 aliphatic rings. The molecule has 1 fully saturated rings. The molecule has 0 saturated carbocycles. The fourth-order valence-electron chi connectivity index (χ4n) is 2.50. The monoisotopic (exact) mass is 306 g/mol. The minimum absolute atomic E-state index is 0.165. The number of nitrogens with zero attached hydrogens (tertiary/aromatic N) is 4. The summed E-state index contributed by atoms with van der Waals surface area (Å²) >= 11 is 1.47. The fourth-order valence-corrected chi connectivity index (χ4v) is 3.43. The third kappa shape index (κ3) is 2.36. The van der Waals surface area contributed by atoms with Crippen LogP contribution in [0.4, 0.5) is 0 Å². The Labute approximate surface area is 126 Å². The fraction of sp³-hybridized carbons (Fsp3) is 0.500. The highest BCUT2D eigenvalue weighted by molar-refractivity contribution is 7.17. The average Bonchev–Trinajstić information content (AvgIpc) is 2.75. The van der Waals surface area contributed by atoms with E-state index in [1.165, 1.54) is 17.5 Å². The molecule has 0 aliphatic carbocycles. The van der Waals surface area contributed by atoms with Gasteiger partial charge >= 0.3 is 0 Å². The third-order valence-corrected chi connectivity index (χ3v) is 5.11. The van der Waals surface area contributed by atoms with Gasteiger partial charge in [0.2, 0.25) is 0 Å². The predicted octanol–water partition coefficient (Wildman–Crippen LogP) is 0.760. The van der Waals surface area contributed by atoms with Gasteiger partial charge in [-0.05, 0) is 20.9 Å². The topological polar surface area (TPSA) is 57.9 Å². The summed E-state index contributed by atoms with van der Waals surface area (Å²) in [6.07, 6.45) is 1.42. The van der Waals surface area contributed by atoms with Gasteiger partial charge in [-0.1, -0.05) is 0 Å². The van der Waals surface area contributed by atoms with Crippen molar-refractivity contribution in [3.63, 3.8) is 0 Å². The number of hydrogen-bond acceptors (Lipinski definition) is 5. The van der Waals surface area contributed by atoms with Gasteiger partial charge in [0.15, 0.2) is 4.96 Å². The van der Waals surface area contributed by atoms with Crippen LogP contribution in [0.5, 0.6) is 0 Å². The van der Waals surface area contributed by atoms with E-state index in [1.807, 2.05) is 20.9 Å². The summed E-state index contributed by atoms with van der Waals surface area (Å²) in [5.41, 5.74) is 0.768. The first-order chi connectivity index (χ1) is 9.99. The normalized spacial score (nSPS) is 16.6. The Bertz CT molecular complexity index is 756. The Balaban J connectivity index is 2.01. The molecule has 0 spiro atoms. The van der Waals surface area contributed by atoms with Crippen molar-refractivity contribution in [1.29, 1.82) is 0 Å². The first kappa shape index (κ1) is 14.2. The number of aromatic nitrogens is 2. The molecule has 3 rings (SSSR count). The van der Waals surface area contributed by atoms with Crippen molar-refractivity contribution >= 4 is 22.2 Å². The Morgan fingerprint density at radius 2 is 1.90 bits per heavy atom. The molecule has 21 heavy (non-hydrogen) atoms. The van der Waals surface area contributed by atoms with Crippen LogP contribution in [0.15, 0.2) is 11.0 Å². The van der Waals surface area contributed by atoms with Crippen LogP contribution in [0.2, 0.25) is 0 Å². The molecule has 0 atom stereocenters. The van der Waals surface area contributed by atoms with Crippen LogP contribution in [-0.4, -0.2) is 58.3 Å². The SMILES string of the molecule is Cc1sc2ncc(C(=O)N3CCN(C)CC3)c(=O)n2c1C. The molecule has 0 aromatic carbocycles. The number of rotatable bonds is 1. The second-order valence-electron chi connectivity index (χ2n) is 5.43. The Hall–Kier alpha value is -1.73. The van der Waals surface area contributed by atoms with E-state index in [9.17, 15) is 9.59 Å². The number of carbonyl (C=O) groups excluding carboxylic acids is 1. The van der Waals surface area contributed by atoms with Crippen LogP contribution in [0.3, 0.4) is 0 Å².